The first-order valence-electron chi connectivity index (χ1n) is 10.4. The Morgan fingerprint density at radius 3 is 2.48 bits per heavy atom. The van der Waals surface area contributed by atoms with Crippen molar-refractivity contribution < 1.29 is 0 Å². The van der Waals surface area contributed by atoms with Crippen molar-refractivity contribution in [1.82, 2.24) is 29.3 Å². The number of anilines is 5. The van der Waals surface area contributed by atoms with Gasteiger partial charge in [-0.2, -0.15) is 9.97 Å². The number of nitrogens with one attached hydrogen (secondary N) is 3. The summed E-state index contributed by atoms with van der Waals surface area (Å²) in [7, 11) is 0. The van der Waals surface area contributed by atoms with Gasteiger partial charge in [0.25, 0.3) is 0 Å². The van der Waals surface area contributed by atoms with E-state index in [1.165, 1.54) is 12.8 Å². The lowest BCUT2D eigenvalue weighted by molar-refractivity contribution is 0.408. The Morgan fingerprint density at radius 2 is 1.65 bits per heavy atom. The zero-order valence-corrected chi connectivity index (χ0v) is 17.6. The van der Waals surface area contributed by atoms with Crippen LogP contribution in [0.5, 0.6) is 0 Å². The molecule has 5 rings (SSSR count). The van der Waals surface area contributed by atoms with Crippen LogP contribution in [-0.2, 0) is 0 Å². The van der Waals surface area contributed by atoms with Gasteiger partial charge in [-0.3, -0.25) is 0 Å². The van der Waals surface area contributed by atoms with Crippen LogP contribution >= 0.6 is 0 Å². The summed E-state index contributed by atoms with van der Waals surface area (Å²) in [6.45, 7) is 6.03. The fourth-order valence-electron chi connectivity index (χ4n) is 3.77. The van der Waals surface area contributed by atoms with Gasteiger partial charge in [-0.15, -0.1) is 0 Å². The summed E-state index contributed by atoms with van der Waals surface area (Å²) in [5, 5.41) is 8.81. The number of nitrogens with zero attached hydrogens (tertiary/aromatic N) is 6. The van der Waals surface area contributed by atoms with Crippen molar-refractivity contribution in [3.05, 3.63) is 60.2 Å². The summed E-state index contributed by atoms with van der Waals surface area (Å²) < 4.78 is 1.96. The lowest BCUT2D eigenvalue weighted by atomic mass is 10.2. The van der Waals surface area contributed by atoms with E-state index in [2.05, 4.69) is 41.0 Å². The van der Waals surface area contributed by atoms with Gasteiger partial charge in [-0.25, -0.2) is 15.0 Å². The van der Waals surface area contributed by atoms with E-state index >= 15 is 0 Å². The van der Waals surface area contributed by atoms with Crippen molar-refractivity contribution >= 4 is 34.7 Å². The second-order valence-corrected chi connectivity index (χ2v) is 7.80. The Labute approximate surface area is 180 Å². The Bertz CT molecular complexity index is 1190. The molecule has 4 aromatic heterocycles. The Hall–Kier alpha value is -3.72. The zero-order valence-electron chi connectivity index (χ0n) is 17.6. The van der Waals surface area contributed by atoms with E-state index in [1.807, 2.05) is 61.0 Å². The van der Waals surface area contributed by atoms with Crippen molar-refractivity contribution in [1.29, 1.82) is 0 Å². The topological polar surface area (TPSA) is 95.3 Å². The molecule has 0 radical (unpaired) electrons. The third-order valence-electron chi connectivity index (χ3n) is 5.11. The third kappa shape index (κ3) is 4.56. The van der Waals surface area contributed by atoms with Crippen molar-refractivity contribution in [2.24, 2.45) is 0 Å². The predicted molar refractivity (Wildman–Crippen MR) is 122 cm³/mol. The first-order chi connectivity index (χ1) is 15.1. The standard InChI is InChI=1S/C22H25N9/c1-15-11-16(2)24-18(12-15)26-22-27-19(14-20(28-22)29-31-7-3-4-8-31)25-17-5-9-30-10-6-23-21(30)13-17/h5-6,9-14H,3-4,7-8H2,1-2H3,(H3,24,25,26,27,28,29). The zero-order chi connectivity index (χ0) is 21.2. The maximum Gasteiger partial charge on any atom is 0.232 e. The molecule has 1 fully saturated rings. The van der Waals surface area contributed by atoms with Gasteiger partial charge in [-0.1, -0.05) is 0 Å². The Morgan fingerprint density at radius 1 is 0.839 bits per heavy atom. The number of hydrogen-bond donors (Lipinski definition) is 3. The predicted octanol–water partition coefficient (Wildman–Crippen LogP) is 4.05. The molecule has 1 saturated heterocycles. The Balaban J connectivity index is 1.45. The normalized spacial score (nSPS) is 14.1. The summed E-state index contributed by atoms with van der Waals surface area (Å²) in [5.74, 6) is 2.61. The van der Waals surface area contributed by atoms with E-state index in [0.29, 0.717) is 11.8 Å². The smallest absolute Gasteiger partial charge is 0.232 e. The monoisotopic (exact) mass is 415 g/mol. The second-order valence-electron chi connectivity index (χ2n) is 7.80. The minimum absolute atomic E-state index is 0.478. The van der Waals surface area contributed by atoms with E-state index in [-0.39, 0.29) is 0 Å². The lowest BCUT2D eigenvalue weighted by Crippen LogP contribution is -2.27. The van der Waals surface area contributed by atoms with Crippen LogP contribution in [0.4, 0.5) is 29.1 Å². The van der Waals surface area contributed by atoms with Gasteiger partial charge in [0, 0.05) is 55.2 Å². The number of pyridine rings is 2. The molecule has 0 spiro atoms. The highest BCUT2D eigenvalue weighted by molar-refractivity contribution is 5.65. The summed E-state index contributed by atoms with van der Waals surface area (Å²) in [6, 6.07) is 9.90. The molecule has 0 amide bonds. The van der Waals surface area contributed by atoms with E-state index in [9.17, 15) is 0 Å². The SMILES string of the molecule is Cc1cc(C)nc(Nc2nc(Nc3ccn4ccnc4c3)cc(NN3CCCC3)n2)c1. The van der Waals surface area contributed by atoms with Crippen molar-refractivity contribution in [3.8, 4) is 0 Å². The molecule has 0 aliphatic carbocycles. The molecule has 9 nitrogen and oxygen atoms in total. The molecule has 1 aliphatic rings. The highest BCUT2D eigenvalue weighted by Crippen LogP contribution is 2.23. The molecular weight excluding hydrogens is 390 g/mol. The van der Waals surface area contributed by atoms with Crippen molar-refractivity contribution in [2.45, 2.75) is 26.7 Å². The van der Waals surface area contributed by atoms with Gasteiger partial charge >= 0.3 is 0 Å². The number of fused-ring (bicyclic) bond motifs is 1. The van der Waals surface area contributed by atoms with Crippen LogP contribution in [0.2, 0.25) is 0 Å². The van der Waals surface area contributed by atoms with E-state index in [4.69, 9.17) is 0 Å². The minimum Gasteiger partial charge on any atom is -0.340 e. The average Bonchev–Trinajstić information content (AvgIpc) is 3.38. The lowest BCUT2D eigenvalue weighted by Gasteiger charge is -2.18. The largest absolute Gasteiger partial charge is 0.340 e. The fourth-order valence-corrected chi connectivity index (χ4v) is 3.77. The molecule has 3 N–H and O–H groups in total. The van der Waals surface area contributed by atoms with Crippen LogP contribution < -0.4 is 16.1 Å². The van der Waals surface area contributed by atoms with Gasteiger partial charge in [0.2, 0.25) is 5.95 Å². The molecule has 0 aromatic carbocycles. The maximum atomic E-state index is 4.67. The fraction of sp³-hybridized carbons (Fsp3) is 0.273. The molecule has 0 unspecified atom stereocenters. The van der Waals surface area contributed by atoms with Crippen LogP contribution in [0, 0.1) is 13.8 Å². The highest BCUT2D eigenvalue weighted by Gasteiger charge is 2.14. The van der Waals surface area contributed by atoms with Crippen molar-refractivity contribution in [3.63, 3.8) is 0 Å². The quantitative estimate of drug-likeness (QED) is 0.434. The molecule has 0 atom stereocenters. The number of imidazole rings is 1. The molecule has 9 heteroatoms. The van der Waals surface area contributed by atoms with Crippen LogP contribution in [0.3, 0.4) is 0 Å². The number of aryl methyl sites for hydroxylation is 2. The van der Waals surface area contributed by atoms with Crippen molar-refractivity contribution in [2.75, 3.05) is 29.1 Å². The second kappa shape index (κ2) is 8.19. The van der Waals surface area contributed by atoms with Gasteiger partial charge in [0.1, 0.15) is 23.1 Å². The Kier molecular flexibility index (Phi) is 5.09. The molecule has 4 aromatic rings. The van der Waals surface area contributed by atoms with Crippen LogP contribution in [0.1, 0.15) is 24.1 Å². The summed E-state index contributed by atoms with van der Waals surface area (Å²) in [6.07, 6.45) is 8.03. The minimum atomic E-state index is 0.478. The van der Waals surface area contributed by atoms with Crippen LogP contribution in [0.25, 0.3) is 5.65 Å². The molecule has 5 heterocycles. The van der Waals surface area contributed by atoms with Gasteiger partial charge < -0.3 is 20.5 Å². The maximum absolute atomic E-state index is 4.67. The highest BCUT2D eigenvalue weighted by atomic mass is 15.5. The molecule has 1 aliphatic heterocycles. The van der Waals surface area contributed by atoms with E-state index in [1.54, 1.807) is 6.20 Å². The van der Waals surface area contributed by atoms with Gasteiger partial charge in [0.05, 0.1) is 0 Å². The number of hydrogen-bond acceptors (Lipinski definition) is 8. The molecule has 0 bridgehead atoms. The van der Waals surface area contributed by atoms with Gasteiger partial charge in [0.15, 0.2) is 0 Å². The first kappa shape index (κ1) is 19.3. The number of hydrazine groups is 1. The molecule has 0 saturated carbocycles. The summed E-state index contributed by atoms with van der Waals surface area (Å²) in [4.78, 5) is 18.2. The van der Waals surface area contributed by atoms with Gasteiger partial charge in [-0.05, 0) is 50.5 Å². The van der Waals surface area contributed by atoms with Crippen LogP contribution in [-0.4, -0.2) is 42.4 Å². The first-order valence-corrected chi connectivity index (χ1v) is 10.4. The number of aromatic nitrogens is 5. The molecule has 31 heavy (non-hydrogen) atoms. The molecular formula is C22H25N9. The third-order valence-corrected chi connectivity index (χ3v) is 5.11. The van der Waals surface area contributed by atoms with Crippen LogP contribution in [0.15, 0.2) is 48.9 Å². The number of rotatable bonds is 6. The average molecular weight is 416 g/mol. The molecule has 158 valence electrons. The van der Waals surface area contributed by atoms with E-state index < -0.39 is 0 Å². The van der Waals surface area contributed by atoms with E-state index in [0.717, 1.165) is 47.3 Å². The summed E-state index contributed by atoms with van der Waals surface area (Å²) in [5.41, 5.74) is 7.25. The summed E-state index contributed by atoms with van der Waals surface area (Å²) >= 11 is 0.